The number of alkyl halides is 15. The molecule has 0 amide bonds. The van der Waals surface area contributed by atoms with Crippen LogP contribution >= 0.6 is 0 Å². The summed E-state index contributed by atoms with van der Waals surface area (Å²) in [6, 6.07) is 0. The van der Waals surface area contributed by atoms with Gasteiger partial charge in [-0.3, -0.25) is 0 Å². The van der Waals surface area contributed by atoms with Gasteiger partial charge in [0.1, 0.15) is 0 Å². The van der Waals surface area contributed by atoms with Crippen molar-refractivity contribution in [3.63, 3.8) is 0 Å². The van der Waals surface area contributed by atoms with E-state index in [-0.39, 0.29) is 0 Å². The monoisotopic (exact) mass is 384 g/mol. The fraction of sp³-hybridized carbons (Fsp3) is 1.00. The van der Waals surface area contributed by atoms with Crippen molar-refractivity contribution in [1.82, 2.24) is 0 Å². The van der Waals surface area contributed by atoms with E-state index in [0.717, 1.165) is 0 Å². The standard InChI is InChI=1S/C8H3F15/c1-2(9,7(18,19)20)3(10,11)4(12,13)5(14,15)6(16,17)8(21,22)23/h1H3. The van der Waals surface area contributed by atoms with E-state index in [2.05, 4.69) is 0 Å². The lowest BCUT2D eigenvalue weighted by Crippen LogP contribution is -2.72. The molecule has 0 aromatic carbocycles. The molecule has 0 bridgehead atoms. The quantitative estimate of drug-likeness (QED) is 0.571. The van der Waals surface area contributed by atoms with Crippen LogP contribution < -0.4 is 0 Å². The fourth-order valence-electron chi connectivity index (χ4n) is 1.05. The van der Waals surface area contributed by atoms with Crippen molar-refractivity contribution in [3.05, 3.63) is 0 Å². The van der Waals surface area contributed by atoms with Gasteiger partial charge in [-0.2, -0.15) is 61.5 Å². The minimum absolute atomic E-state index is 1.41. The summed E-state index contributed by atoms with van der Waals surface area (Å²) in [6.45, 7) is -1.41. The van der Waals surface area contributed by atoms with Gasteiger partial charge in [-0.15, -0.1) is 0 Å². The molecule has 0 aliphatic heterocycles. The Morgan fingerprint density at radius 3 is 0.826 bits per heavy atom. The molecule has 0 aromatic heterocycles. The molecule has 0 nitrogen and oxygen atoms in total. The summed E-state index contributed by atoms with van der Waals surface area (Å²) in [5.74, 6) is -31.7. The molecule has 1 unspecified atom stereocenters. The molecule has 23 heavy (non-hydrogen) atoms. The van der Waals surface area contributed by atoms with E-state index >= 15 is 0 Å². The Balaban J connectivity index is 6.37. The van der Waals surface area contributed by atoms with Gasteiger partial charge in [0.25, 0.3) is 5.67 Å². The highest BCUT2D eigenvalue weighted by Gasteiger charge is 2.91. The Bertz CT molecular complexity index is 395. The molecule has 0 aromatic rings. The average molecular weight is 384 g/mol. The number of hydrogen-bond donors (Lipinski definition) is 0. The molecule has 0 saturated heterocycles. The topological polar surface area (TPSA) is 0 Å². The molecule has 0 aliphatic rings. The third-order valence-electron chi connectivity index (χ3n) is 2.66. The minimum Gasteiger partial charge on any atom is -0.227 e. The number of hydrogen-bond acceptors (Lipinski definition) is 0. The molecule has 0 radical (unpaired) electrons. The van der Waals surface area contributed by atoms with Crippen LogP contribution in [0.4, 0.5) is 65.9 Å². The van der Waals surface area contributed by atoms with E-state index in [0.29, 0.717) is 0 Å². The molecule has 0 saturated carbocycles. The maximum atomic E-state index is 12.9. The predicted octanol–water partition coefficient (Wildman–Crippen LogP) is 5.38. The van der Waals surface area contributed by atoms with Crippen molar-refractivity contribution in [2.24, 2.45) is 0 Å². The van der Waals surface area contributed by atoms with Crippen LogP contribution in [-0.2, 0) is 0 Å². The van der Waals surface area contributed by atoms with Gasteiger partial charge in [0.15, 0.2) is 0 Å². The van der Waals surface area contributed by atoms with Crippen LogP contribution in [0.2, 0.25) is 0 Å². The molecule has 0 spiro atoms. The highest BCUT2D eigenvalue weighted by atomic mass is 19.4. The summed E-state index contributed by atoms with van der Waals surface area (Å²) in [4.78, 5) is 0. The predicted molar refractivity (Wildman–Crippen MR) is 41.4 cm³/mol. The van der Waals surface area contributed by atoms with Crippen molar-refractivity contribution < 1.29 is 65.9 Å². The SMILES string of the molecule is CC(F)(C(F)(F)F)C(F)(F)C(F)(F)C(F)(F)C(F)(F)C(F)(F)F. The second kappa shape index (κ2) is 4.97. The first-order valence-corrected chi connectivity index (χ1v) is 4.83. The summed E-state index contributed by atoms with van der Waals surface area (Å²) in [5.41, 5.74) is -6.55. The van der Waals surface area contributed by atoms with Crippen molar-refractivity contribution in [3.8, 4) is 0 Å². The number of halogens is 15. The van der Waals surface area contributed by atoms with Crippen molar-refractivity contribution >= 4 is 0 Å². The van der Waals surface area contributed by atoms with Gasteiger partial charge in [0, 0.05) is 0 Å². The summed E-state index contributed by atoms with van der Waals surface area (Å²) < 4.78 is 185. The lowest BCUT2D eigenvalue weighted by Gasteiger charge is -2.41. The van der Waals surface area contributed by atoms with Crippen molar-refractivity contribution in [2.75, 3.05) is 0 Å². The fourth-order valence-corrected chi connectivity index (χ4v) is 1.05. The maximum Gasteiger partial charge on any atom is 0.460 e. The van der Waals surface area contributed by atoms with Crippen LogP contribution in [-0.4, -0.2) is 41.7 Å². The molecular weight excluding hydrogens is 381 g/mol. The van der Waals surface area contributed by atoms with Gasteiger partial charge >= 0.3 is 36.0 Å². The van der Waals surface area contributed by atoms with E-state index in [1.807, 2.05) is 0 Å². The molecule has 0 rings (SSSR count). The van der Waals surface area contributed by atoms with Crippen LogP contribution in [0.5, 0.6) is 0 Å². The van der Waals surface area contributed by atoms with E-state index in [4.69, 9.17) is 0 Å². The summed E-state index contributed by atoms with van der Waals surface area (Å²) in [5, 5.41) is 0. The van der Waals surface area contributed by atoms with Crippen LogP contribution in [0.25, 0.3) is 0 Å². The first-order chi connectivity index (χ1) is 9.50. The van der Waals surface area contributed by atoms with Crippen molar-refractivity contribution in [1.29, 1.82) is 0 Å². The first-order valence-electron chi connectivity index (χ1n) is 4.83. The second-order valence-corrected chi connectivity index (χ2v) is 4.30. The van der Waals surface area contributed by atoms with E-state index < -0.39 is 48.6 Å². The molecule has 15 heteroatoms. The van der Waals surface area contributed by atoms with Crippen LogP contribution in [0.15, 0.2) is 0 Å². The molecule has 0 heterocycles. The normalized spacial score (nSPS) is 18.8. The Hall–Kier alpha value is -1.05. The lowest BCUT2D eigenvalue weighted by molar-refractivity contribution is -0.444. The Morgan fingerprint density at radius 2 is 0.609 bits per heavy atom. The highest BCUT2D eigenvalue weighted by Crippen LogP contribution is 2.61. The van der Waals surface area contributed by atoms with Gasteiger partial charge < -0.3 is 0 Å². The van der Waals surface area contributed by atoms with Crippen LogP contribution in [0.3, 0.4) is 0 Å². The Kier molecular flexibility index (Phi) is 4.75. The molecule has 0 N–H and O–H groups in total. The Labute approximate surface area is 116 Å². The molecule has 140 valence electrons. The Morgan fingerprint density at radius 1 is 0.348 bits per heavy atom. The third-order valence-corrected chi connectivity index (χ3v) is 2.66. The second-order valence-electron chi connectivity index (χ2n) is 4.30. The summed E-state index contributed by atoms with van der Waals surface area (Å²) in [6.07, 6.45) is -14.5. The molecule has 0 aliphatic carbocycles. The van der Waals surface area contributed by atoms with Crippen LogP contribution in [0, 0.1) is 0 Å². The zero-order valence-corrected chi connectivity index (χ0v) is 10.2. The van der Waals surface area contributed by atoms with Gasteiger partial charge in [0.2, 0.25) is 0 Å². The highest BCUT2D eigenvalue weighted by molar-refractivity contribution is 5.13. The average Bonchev–Trinajstić information content (AvgIpc) is 2.24. The minimum atomic E-state index is -8.10. The lowest BCUT2D eigenvalue weighted by atomic mass is 9.87. The van der Waals surface area contributed by atoms with Crippen molar-refractivity contribution in [2.45, 2.75) is 48.6 Å². The maximum absolute atomic E-state index is 12.9. The zero-order valence-electron chi connectivity index (χ0n) is 10.2. The van der Waals surface area contributed by atoms with E-state index in [1.165, 1.54) is 0 Å². The molecule has 1 atom stereocenters. The molecule has 0 fully saturated rings. The third kappa shape index (κ3) is 2.68. The first kappa shape index (κ1) is 21.9. The van der Waals surface area contributed by atoms with Gasteiger partial charge in [-0.25, -0.2) is 4.39 Å². The van der Waals surface area contributed by atoms with Gasteiger partial charge in [0.05, 0.1) is 0 Å². The van der Waals surface area contributed by atoms with Gasteiger partial charge in [-0.1, -0.05) is 0 Å². The zero-order chi connectivity index (χ0) is 19.5. The largest absolute Gasteiger partial charge is 0.460 e. The van der Waals surface area contributed by atoms with Crippen LogP contribution in [0.1, 0.15) is 6.92 Å². The smallest absolute Gasteiger partial charge is 0.227 e. The molecular formula is C8H3F15. The van der Waals surface area contributed by atoms with E-state index in [9.17, 15) is 65.9 Å². The summed E-state index contributed by atoms with van der Waals surface area (Å²) >= 11 is 0. The van der Waals surface area contributed by atoms with E-state index in [1.54, 1.807) is 0 Å². The number of rotatable bonds is 4. The summed E-state index contributed by atoms with van der Waals surface area (Å²) in [7, 11) is 0. The van der Waals surface area contributed by atoms with Gasteiger partial charge in [-0.05, 0) is 6.92 Å².